The number of hydrogen-bond acceptors (Lipinski definition) is 2. The summed E-state index contributed by atoms with van der Waals surface area (Å²) in [4.78, 5) is 12.9. The molecule has 3 aliphatic rings. The van der Waals surface area contributed by atoms with E-state index in [-0.39, 0.29) is 17.7 Å². The van der Waals surface area contributed by atoms with Crippen molar-refractivity contribution < 1.29 is 13.9 Å². The quantitative estimate of drug-likeness (QED) is 0.154. The Balaban J connectivity index is 1.15. The molecule has 1 aromatic rings. The van der Waals surface area contributed by atoms with Crippen molar-refractivity contribution in [2.75, 3.05) is 0 Å². The third-order valence-electron chi connectivity index (χ3n) is 10.6. The van der Waals surface area contributed by atoms with Crippen LogP contribution in [0.2, 0.25) is 0 Å². The van der Waals surface area contributed by atoms with Gasteiger partial charge in [-0.3, -0.25) is 4.79 Å². The van der Waals surface area contributed by atoms with Gasteiger partial charge in [0, 0.05) is 6.07 Å². The lowest BCUT2D eigenvalue weighted by Crippen LogP contribution is -2.30. The highest BCUT2D eigenvalue weighted by atomic mass is 19.1. The summed E-state index contributed by atoms with van der Waals surface area (Å²) in [6, 6.07) is 5.10. The van der Waals surface area contributed by atoms with Gasteiger partial charge in [-0.25, -0.2) is 4.39 Å². The first-order valence-corrected chi connectivity index (χ1v) is 16.6. The van der Waals surface area contributed by atoms with Gasteiger partial charge in [-0.05, 0) is 92.6 Å². The molecule has 1 aromatic carbocycles. The van der Waals surface area contributed by atoms with E-state index in [4.69, 9.17) is 4.74 Å². The van der Waals surface area contributed by atoms with Gasteiger partial charge in [0.25, 0.3) is 0 Å². The molecule has 3 heteroatoms. The average Bonchev–Trinajstić information content (AvgIpc) is 2.94. The topological polar surface area (TPSA) is 26.3 Å². The first-order valence-electron chi connectivity index (χ1n) is 16.6. The molecule has 3 aliphatic carbocycles. The minimum Gasteiger partial charge on any atom is -0.426 e. The Bertz CT molecular complexity index is 826. The Kier molecular flexibility index (Phi) is 12.0. The molecule has 0 saturated heterocycles. The Hall–Kier alpha value is -1.38. The van der Waals surface area contributed by atoms with Crippen LogP contribution in [0.15, 0.2) is 18.2 Å². The molecule has 0 aromatic heterocycles. The lowest BCUT2D eigenvalue weighted by atomic mass is 9.69. The number of unbranched alkanes of at least 4 members (excludes halogenated alkanes) is 2. The van der Waals surface area contributed by atoms with Gasteiger partial charge in [-0.15, -0.1) is 0 Å². The second-order valence-electron chi connectivity index (χ2n) is 13.3. The van der Waals surface area contributed by atoms with Crippen LogP contribution in [0, 0.1) is 41.3 Å². The van der Waals surface area contributed by atoms with Crippen LogP contribution in [0.3, 0.4) is 0 Å². The van der Waals surface area contributed by atoms with Gasteiger partial charge < -0.3 is 4.74 Å². The van der Waals surface area contributed by atoms with Crippen LogP contribution < -0.4 is 4.74 Å². The summed E-state index contributed by atoms with van der Waals surface area (Å²) in [5.74, 6) is 4.23. The molecule has 3 saturated carbocycles. The normalized spacial score (nSPS) is 30.2. The SMILES string of the molecule is CCCCCC1CCC(CCc2ccc(OC(=O)C3CCC(C4CCC(CCC)CC4)CC3)cc2F)CC1. The number of carbonyl (C=O) groups is 1. The monoisotopic (exact) mass is 526 g/mol. The van der Waals surface area contributed by atoms with Crippen molar-refractivity contribution in [3.63, 3.8) is 0 Å². The Labute approximate surface area is 232 Å². The predicted octanol–water partition coefficient (Wildman–Crippen LogP) is 10.5. The summed E-state index contributed by atoms with van der Waals surface area (Å²) in [5.41, 5.74) is 0.768. The summed E-state index contributed by atoms with van der Waals surface area (Å²) in [6.45, 7) is 4.58. The maximum atomic E-state index is 14.9. The lowest BCUT2D eigenvalue weighted by Gasteiger charge is -2.37. The van der Waals surface area contributed by atoms with Gasteiger partial charge in [0.15, 0.2) is 0 Å². The molecule has 0 heterocycles. The highest BCUT2D eigenvalue weighted by Gasteiger charge is 2.33. The molecule has 3 fully saturated rings. The van der Waals surface area contributed by atoms with E-state index in [0.29, 0.717) is 5.75 Å². The average molecular weight is 527 g/mol. The van der Waals surface area contributed by atoms with E-state index in [2.05, 4.69) is 13.8 Å². The van der Waals surface area contributed by atoms with Gasteiger partial charge in [0.1, 0.15) is 11.6 Å². The van der Waals surface area contributed by atoms with E-state index in [1.165, 1.54) is 96.0 Å². The van der Waals surface area contributed by atoms with E-state index >= 15 is 0 Å². The van der Waals surface area contributed by atoms with Crippen molar-refractivity contribution in [2.24, 2.45) is 35.5 Å². The number of halogens is 1. The van der Waals surface area contributed by atoms with Crippen molar-refractivity contribution in [1.29, 1.82) is 0 Å². The smallest absolute Gasteiger partial charge is 0.314 e. The third-order valence-corrected chi connectivity index (χ3v) is 10.6. The zero-order valence-electron chi connectivity index (χ0n) is 24.5. The maximum absolute atomic E-state index is 14.9. The summed E-state index contributed by atoms with van der Waals surface area (Å²) in [7, 11) is 0. The second-order valence-corrected chi connectivity index (χ2v) is 13.3. The molecule has 38 heavy (non-hydrogen) atoms. The van der Waals surface area contributed by atoms with E-state index < -0.39 is 0 Å². The van der Waals surface area contributed by atoms with Gasteiger partial charge in [-0.2, -0.15) is 0 Å². The number of rotatable bonds is 12. The van der Waals surface area contributed by atoms with Crippen LogP contribution in [0.4, 0.5) is 4.39 Å². The van der Waals surface area contributed by atoms with Crippen LogP contribution in [-0.4, -0.2) is 5.97 Å². The fraction of sp³-hybridized carbons (Fsp3) is 0.800. The fourth-order valence-corrected chi connectivity index (χ4v) is 8.03. The van der Waals surface area contributed by atoms with Crippen LogP contribution >= 0.6 is 0 Å². The molecule has 214 valence electrons. The number of benzene rings is 1. The summed E-state index contributed by atoms with van der Waals surface area (Å²) < 4.78 is 20.6. The summed E-state index contributed by atoms with van der Waals surface area (Å²) >= 11 is 0. The van der Waals surface area contributed by atoms with Gasteiger partial charge >= 0.3 is 5.97 Å². The Morgan fingerprint density at radius 3 is 1.92 bits per heavy atom. The van der Waals surface area contributed by atoms with Crippen molar-refractivity contribution in [3.05, 3.63) is 29.6 Å². The molecule has 4 rings (SSSR count). The maximum Gasteiger partial charge on any atom is 0.314 e. The Morgan fingerprint density at radius 2 is 1.32 bits per heavy atom. The molecule has 0 aliphatic heterocycles. The number of carbonyl (C=O) groups excluding carboxylic acids is 1. The van der Waals surface area contributed by atoms with Gasteiger partial charge in [-0.1, -0.05) is 97.0 Å². The number of ether oxygens (including phenoxy) is 1. The minimum atomic E-state index is -0.217. The van der Waals surface area contributed by atoms with Crippen molar-refractivity contribution >= 4 is 5.97 Å². The molecule has 0 radical (unpaired) electrons. The standard InChI is InChI=1S/C35H55FO2/c1-3-5-6-8-27-9-11-28(12-10-27)15-18-31-23-24-33(25-34(31)36)38-35(37)32-21-19-30(20-22-32)29-16-13-26(7-4-2)14-17-29/h23-30,32H,3-22H2,1-2H3. The largest absolute Gasteiger partial charge is 0.426 e. The molecule has 0 atom stereocenters. The Morgan fingerprint density at radius 1 is 0.737 bits per heavy atom. The van der Waals surface area contributed by atoms with Crippen LogP contribution in [0.5, 0.6) is 5.75 Å². The number of aryl methyl sites for hydroxylation is 1. The fourth-order valence-electron chi connectivity index (χ4n) is 8.03. The zero-order chi connectivity index (χ0) is 26.7. The van der Waals surface area contributed by atoms with Crippen LogP contribution in [-0.2, 0) is 11.2 Å². The summed E-state index contributed by atoms with van der Waals surface area (Å²) in [5, 5.41) is 0. The first kappa shape index (κ1) is 29.6. The first-order chi connectivity index (χ1) is 18.6. The molecule has 0 spiro atoms. The minimum absolute atomic E-state index is 0.0254. The van der Waals surface area contributed by atoms with E-state index in [9.17, 15) is 9.18 Å². The number of hydrogen-bond donors (Lipinski definition) is 0. The van der Waals surface area contributed by atoms with Gasteiger partial charge in [0.05, 0.1) is 5.92 Å². The van der Waals surface area contributed by atoms with Crippen LogP contribution in [0.1, 0.15) is 141 Å². The molecular weight excluding hydrogens is 471 g/mol. The van der Waals surface area contributed by atoms with E-state index in [1.807, 2.05) is 6.07 Å². The molecule has 0 unspecified atom stereocenters. The van der Waals surface area contributed by atoms with Crippen molar-refractivity contribution in [3.8, 4) is 5.75 Å². The lowest BCUT2D eigenvalue weighted by molar-refractivity contribution is -0.140. The van der Waals surface area contributed by atoms with E-state index in [0.717, 1.165) is 73.7 Å². The number of esters is 1. The van der Waals surface area contributed by atoms with Crippen molar-refractivity contribution in [2.45, 2.75) is 142 Å². The van der Waals surface area contributed by atoms with Gasteiger partial charge in [0.2, 0.25) is 0 Å². The summed E-state index contributed by atoms with van der Waals surface area (Å²) in [6.07, 6.45) is 25.1. The highest BCUT2D eigenvalue weighted by Crippen LogP contribution is 2.42. The van der Waals surface area contributed by atoms with E-state index in [1.54, 1.807) is 6.07 Å². The highest BCUT2D eigenvalue weighted by molar-refractivity contribution is 5.75. The molecular formula is C35H55FO2. The third kappa shape index (κ3) is 8.82. The second kappa shape index (κ2) is 15.4. The molecule has 2 nitrogen and oxygen atoms in total. The molecule has 0 N–H and O–H groups in total. The van der Waals surface area contributed by atoms with Crippen molar-refractivity contribution in [1.82, 2.24) is 0 Å². The predicted molar refractivity (Wildman–Crippen MR) is 156 cm³/mol. The van der Waals surface area contributed by atoms with Crippen LogP contribution in [0.25, 0.3) is 0 Å². The molecule has 0 bridgehead atoms. The zero-order valence-corrected chi connectivity index (χ0v) is 24.5. The molecule has 0 amide bonds.